The van der Waals surface area contributed by atoms with Gasteiger partial charge in [-0.2, -0.15) is 5.10 Å². The van der Waals surface area contributed by atoms with E-state index in [0.717, 1.165) is 18.3 Å². The van der Waals surface area contributed by atoms with Gasteiger partial charge in [-0.25, -0.2) is 10.2 Å². The molecule has 4 nitrogen and oxygen atoms in total. The van der Waals surface area contributed by atoms with Crippen molar-refractivity contribution in [3.8, 4) is 0 Å². The van der Waals surface area contributed by atoms with Crippen molar-refractivity contribution in [1.29, 1.82) is 0 Å². The van der Waals surface area contributed by atoms with Crippen LogP contribution in [0.4, 0.5) is 4.79 Å². The normalized spacial score (nSPS) is 35.8. The van der Waals surface area contributed by atoms with E-state index >= 15 is 0 Å². The maximum atomic E-state index is 10.4. The third kappa shape index (κ3) is 1.93. The van der Waals surface area contributed by atoms with E-state index < -0.39 is 6.03 Å². The van der Waals surface area contributed by atoms with Gasteiger partial charge in [0.05, 0.1) is 0 Å². The minimum Gasteiger partial charge on any atom is -0.350 e. The van der Waals surface area contributed by atoms with Crippen molar-refractivity contribution in [2.75, 3.05) is 0 Å². The number of hydrogen-bond donors (Lipinski definition) is 2. The van der Waals surface area contributed by atoms with Gasteiger partial charge in [0.15, 0.2) is 0 Å². The molecule has 16 heavy (non-hydrogen) atoms. The number of carbonyl (C=O) groups is 1. The van der Waals surface area contributed by atoms with Gasteiger partial charge in [0, 0.05) is 6.21 Å². The van der Waals surface area contributed by atoms with Crippen molar-refractivity contribution in [3.63, 3.8) is 0 Å². The van der Waals surface area contributed by atoms with E-state index in [2.05, 4.69) is 24.4 Å². The summed E-state index contributed by atoms with van der Waals surface area (Å²) >= 11 is 0. The third-order valence-electron chi connectivity index (χ3n) is 4.68. The number of hydrazone groups is 1. The second kappa shape index (κ2) is 4.07. The number of nitrogens with one attached hydrogen (secondary N) is 1. The summed E-state index contributed by atoms with van der Waals surface area (Å²) < 4.78 is 0. The molecule has 3 N–H and O–H groups in total. The van der Waals surface area contributed by atoms with Crippen LogP contribution >= 0.6 is 0 Å². The van der Waals surface area contributed by atoms with E-state index in [1.54, 1.807) is 6.21 Å². The van der Waals surface area contributed by atoms with Gasteiger partial charge >= 0.3 is 6.03 Å². The van der Waals surface area contributed by atoms with Crippen LogP contribution in [0.2, 0.25) is 0 Å². The standard InChI is InChI=1S/C12H21N3O/c1-12(2)9-4-3-8(7-9)10(12)5-6-14-15-11(13)16/h6,8-10H,3-5,7H2,1-2H3,(H3,13,15,16)/b14-6+. The number of amides is 2. The van der Waals surface area contributed by atoms with E-state index in [1.165, 1.54) is 19.3 Å². The van der Waals surface area contributed by atoms with Crippen LogP contribution in [0.5, 0.6) is 0 Å². The van der Waals surface area contributed by atoms with Crippen LogP contribution in [0.3, 0.4) is 0 Å². The molecule has 2 aliphatic carbocycles. The molecule has 3 atom stereocenters. The van der Waals surface area contributed by atoms with E-state index in [4.69, 9.17) is 5.73 Å². The lowest BCUT2D eigenvalue weighted by Gasteiger charge is -2.37. The summed E-state index contributed by atoms with van der Waals surface area (Å²) in [6.45, 7) is 4.74. The third-order valence-corrected chi connectivity index (χ3v) is 4.68. The number of nitrogens with two attached hydrogens (primary N) is 1. The molecule has 2 fully saturated rings. The van der Waals surface area contributed by atoms with Gasteiger partial charge in [-0.15, -0.1) is 0 Å². The Balaban J connectivity index is 1.90. The number of fused-ring (bicyclic) bond motifs is 2. The number of nitrogens with zero attached hydrogens (tertiary/aromatic N) is 1. The molecule has 2 amide bonds. The summed E-state index contributed by atoms with van der Waals surface area (Å²) in [4.78, 5) is 10.4. The molecule has 2 saturated carbocycles. The molecule has 2 bridgehead atoms. The number of carbonyl (C=O) groups excluding carboxylic acids is 1. The lowest BCUT2D eigenvalue weighted by molar-refractivity contribution is 0.129. The van der Waals surface area contributed by atoms with E-state index in [9.17, 15) is 4.79 Å². The summed E-state index contributed by atoms with van der Waals surface area (Å²) in [6.07, 6.45) is 6.90. The van der Waals surface area contributed by atoms with Gasteiger partial charge in [-0.05, 0) is 48.9 Å². The van der Waals surface area contributed by atoms with Crippen molar-refractivity contribution in [2.24, 2.45) is 34.0 Å². The largest absolute Gasteiger partial charge is 0.350 e. The fourth-order valence-electron chi connectivity index (χ4n) is 3.74. The second-order valence-electron chi connectivity index (χ2n) is 5.72. The van der Waals surface area contributed by atoms with Crippen molar-refractivity contribution in [1.82, 2.24) is 5.43 Å². The van der Waals surface area contributed by atoms with Crippen LogP contribution < -0.4 is 11.2 Å². The van der Waals surface area contributed by atoms with Gasteiger partial charge in [-0.1, -0.05) is 13.8 Å². The highest BCUT2D eigenvalue weighted by atomic mass is 16.2. The Bertz CT molecular complexity index is 311. The lowest BCUT2D eigenvalue weighted by Crippen LogP contribution is -2.31. The molecule has 90 valence electrons. The summed E-state index contributed by atoms with van der Waals surface area (Å²) in [7, 11) is 0. The predicted octanol–water partition coefficient (Wildman–Crippen LogP) is 2.10. The predicted molar refractivity (Wildman–Crippen MR) is 63.9 cm³/mol. The van der Waals surface area contributed by atoms with E-state index in [0.29, 0.717) is 11.3 Å². The summed E-state index contributed by atoms with van der Waals surface area (Å²) in [5, 5.41) is 3.83. The van der Waals surface area contributed by atoms with Crippen LogP contribution in [-0.4, -0.2) is 12.2 Å². The molecule has 0 spiro atoms. The monoisotopic (exact) mass is 223 g/mol. The number of urea groups is 1. The summed E-state index contributed by atoms with van der Waals surface area (Å²) in [5.41, 5.74) is 7.62. The van der Waals surface area contributed by atoms with Gasteiger partial charge in [0.1, 0.15) is 0 Å². The topological polar surface area (TPSA) is 67.5 Å². The number of rotatable bonds is 3. The minimum absolute atomic E-state index is 0.432. The van der Waals surface area contributed by atoms with Crippen molar-refractivity contribution >= 4 is 12.2 Å². The molecule has 0 saturated heterocycles. The van der Waals surface area contributed by atoms with Crippen molar-refractivity contribution in [3.05, 3.63) is 0 Å². The Labute approximate surface area is 96.7 Å². The highest BCUT2D eigenvalue weighted by molar-refractivity contribution is 5.72. The maximum absolute atomic E-state index is 10.4. The first-order chi connectivity index (χ1) is 7.51. The van der Waals surface area contributed by atoms with Gasteiger partial charge in [-0.3, -0.25) is 0 Å². The van der Waals surface area contributed by atoms with Crippen LogP contribution in [0, 0.1) is 23.2 Å². The lowest BCUT2D eigenvalue weighted by atomic mass is 9.68. The molecule has 3 unspecified atom stereocenters. The van der Waals surface area contributed by atoms with Gasteiger partial charge in [0.25, 0.3) is 0 Å². The molecule has 0 aromatic carbocycles. The van der Waals surface area contributed by atoms with Gasteiger partial charge < -0.3 is 5.73 Å². The Morgan fingerprint density at radius 2 is 2.31 bits per heavy atom. The molecule has 0 heterocycles. The first-order valence-electron chi connectivity index (χ1n) is 6.08. The average molecular weight is 223 g/mol. The highest BCUT2D eigenvalue weighted by Crippen LogP contribution is 2.60. The Morgan fingerprint density at radius 3 is 2.88 bits per heavy atom. The zero-order valence-corrected chi connectivity index (χ0v) is 10.1. The Morgan fingerprint density at radius 1 is 1.56 bits per heavy atom. The average Bonchev–Trinajstić information content (AvgIpc) is 2.72. The Hall–Kier alpha value is -1.06. The molecular formula is C12H21N3O. The van der Waals surface area contributed by atoms with E-state index in [-0.39, 0.29) is 0 Å². The SMILES string of the molecule is CC1(C)C2CCC(C2)C1C/C=N/NC(N)=O. The second-order valence-corrected chi connectivity index (χ2v) is 5.72. The molecule has 2 aliphatic rings. The molecule has 0 aromatic heterocycles. The van der Waals surface area contributed by atoms with Crippen LogP contribution in [0.1, 0.15) is 39.5 Å². The van der Waals surface area contributed by atoms with Crippen molar-refractivity contribution < 1.29 is 4.79 Å². The maximum Gasteiger partial charge on any atom is 0.332 e. The van der Waals surface area contributed by atoms with Gasteiger partial charge in [0.2, 0.25) is 0 Å². The zero-order chi connectivity index (χ0) is 11.8. The minimum atomic E-state index is -0.594. The molecule has 2 rings (SSSR count). The fraction of sp³-hybridized carbons (Fsp3) is 0.833. The Kier molecular flexibility index (Phi) is 2.91. The smallest absolute Gasteiger partial charge is 0.332 e. The summed E-state index contributed by atoms with van der Waals surface area (Å²) in [5.74, 6) is 2.46. The number of hydrogen-bond acceptors (Lipinski definition) is 2. The molecule has 4 heteroatoms. The van der Waals surface area contributed by atoms with Crippen LogP contribution in [0.15, 0.2) is 5.10 Å². The zero-order valence-electron chi connectivity index (χ0n) is 10.1. The van der Waals surface area contributed by atoms with E-state index in [1.807, 2.05) is 0 Å². The van der Waals surface area contributed by atoms with Crippen LogP contribution in [-0.2, 0) is 0 Å². The summed E-state index contributed by atoms with van der Waals surface area (Å²) in [6, 6.07) is -0.594. The fourth-order valence-corrected chi connectivity index (χ4v) is 3.74. The van der Waals surface area contributed by atoms with Crippen molar-refractivity contribution in [2.45, 2.75) is 39.5 Å². The van der Waals surface area contributed by atoms with Crippen LogP contribution in [0.25, 0.3) is 0 Å². The highest BCUT2D eigenvalue weighted by Gasteiger charge is 2.51. The quantitative estimate of drug-likeness (QED) is 0.558. The molecular weight excluding hydrogens is 202 g/mol. The molecule has 0 radical (unpaired) electrons. The molecule has 0 aromatic rings. The number of primary amides is 1. The first kappa shape index (κ1) is 11.4. The molecule has 0 aliphatic heterocycles. The first-order valence-corrected chi connectivity index (χ1v) is 6.08.